The Morgan fingerprint density at radius 2 is 2.18 bits per heavy atom. The maximum absolute atomic E-state index is 5.78. The molecule has 0 spiro atoms. The fourth-order valence-electron chi connectivity index (χ4n) is 2.09. The fourth-order valence-corrected chi connectivity index (χ4v) is 2.09. The molecule has 0 aromatic carbocycles. The van der Waals surface area contributed by atoms with E-state index in [0.29, 0.717) is 12.1 Å². The van der Waals surface area contributed by atoms with Crippen LogP contribution in [0.2, 0.25) is 0 Å². The third-order valence-corrected chi connectivity index (χ3v) is 3.04. The van der Waals surface area contributed by atoms with Crippen molar-refractivity contribution in [3.63, 3.8) is 0 Å². The first kappa shape index (κ1) is 10.3. The SMILES string of the molecule is NC1CC(Nc2cccnc2-n2cccn2)C1. The van der Waals surface area contributed by atoms with Gasteiger partial charge in [0.05, 0.1) is 5.69 Å². The number of hydrogen-bond donors (Lipinski definition) is 2. The van der Waals surface area contributed by atoms with Crippen LogP contribution in [0, 0.1) is 0 Å². The second kappa shape index (κ2) is 4.18. The number of nitrogens with one attached hydrogen (secondary N) is 1. The summed E-state index contributed by atoms with van der Waals surface area (Å²) >= 11 is 0. The lowest BCUT2D eigenvalue weighted by Gasteiger charge is -2.34. The number of pyridine rings is 1. The smallest absolute Gasteiger partial charge is 0.176 e. The van der Waals surface area contributed by atoms with E-state index in [9.17, 15) is 0 Å². The number of aromatic nitrogens is 3. The van der Waals surface area contributed by atoms with Crippen LogP contribution >= 0.6 is 0 Å². The number of nitrogens with two attached hydrogens (primary N) is 1. The minimum absolute atomic E-state index is 0.345. The van der Waals surface area contributed by atoms with Gasteiger partial charge in [-0.2, -0.15) is 5.10 Å². The molecule has 3 N–H and O–H groups in total. The number of hydrogen-bond acceptors (Lipinski definition) is 4. The molecule has 0 unspecified atom stereocenters. The number of anilines is 1. The summed E-state index contributed by atoms with van der Waals surface area (Å²) in [5.74, 6) is 0.831. The molecule has 0 radical (unpaired) electrons. The van der Waals surface area contributed by atoms with Crippen LogP contribution in [0.25, 0.3) is 5.82 Å². The van der Waals surface area contributed by atoms with Gasteiger partial charge < -0.3 is 11.1 Å². The summed E-state index contributed by atoms with van der Waals surface area (Å²) in [4.78, 5) is 4.36. The van der Waals surface area contributed by atoms with Gasteiger partial charge in [0.15, 0.2) is 5.82 Å². The molecule has 0 amide bonds. The Kier molecular flexibility index (Phi) is 2.53. The Hall–Kier alpha value is -1.88. The Morgan fingerprint density at radius 1 is 1.29 bits per heavy atom. The molecule has 2 aromatic heterocycles. The summed E-state index contributed by atoms with van der Waals surface area (Å²) in [5.41, 5.74) is 6.79. The summed E-state index contributed by atoms with van der Waals surface area (Å²) in [7, 11) is 0. The average Bonchev–Trinajstić information content (AvgIpc) is 2.81. The van der Waals surface area contributed by atoms with Crippen molar-refractivity contribution >= 4 is 5.69 Å². The van der Waals surface area contributed by atoms with E-state index in [1.54, 1.807) is 17.1 Å². The first-order chi connectivity index (χ1) is 8.33. The lowest BCUT2D eigenvalue weighted by molar-refractivity contribution is 0.373. The first-order valence-corrected chi connectivity index (χ1v) is 5.80. The average molecular weight is 229 g/mol. The Bertz CT molecular complexity index is 487. The van der Waals surface area contributed by atoms with Crippen molar-refractivity contribution in [3.8, 4) is 5.82 Å². The van der Waals surface area contributed by atoms with Gasteiger partial charge in [-0.05, 0) is 31.0 Å². The van der Waals surface area contributed by atoms with Crippen molar-refractivity contribution in [2.75, 3.05) is 5.32 Å². The summed E-state index contributed by atoms with van der Waals surface area (Å²) < 4.78 is 1.76. The van der Waals surface area contributed by atoms with Crippen LogP contribution < -0.4 is 11.1 Å². The topological polar surface area (TPSA) is 68.8 Å². The van der Waals surface area contributed by atoms with Crippen molar-refractivity contribution in [3.05, 3.63) is 36.8 Å². The largest absolute Gasteiger partial charge is 0.379 e. The van der Waals surface area contributed by atoms with Gasteiger partial charge in [-0.1, -0.05) is 0 Å². The molecule has 17 heavy (non-hydrogen) atoms. The van der Waals surface area contributed by atoms with Gasteiger partial charge in [-0.15, -0.1) is 0 Å². The summed E-state index contributed by atoms with van der Waals surface area (Å²) in [5, 5.41) is 7.67. The van der Waals surface area contributed by atoms with Gasteiger partial charge in [-0.25, -0.2) is 9.67 Å². The van der Waals surface area contributed by atoms with E-state index in [2.05, 4.69) is 15.4 Å². The van der Waals surface area contributed by atoms with E-state index in [0.717, 1.165) is 24.3 Å². The minimum Gasteiger partial charge on any atom is -0.379 e. The minimum atomic E-state index is 0.345. The zero-order chi connectivity index (χ0) is 11.7. The molecule has 0 saturated heterocycles. The maximum atomic E-state index is 5.78. The van der Waals surface area contributed by atoms with E-state index in [1.807, 2.05) is 24.4 Å². The lowest BCUT2D eigenvalue weighted by atomic mass is 9.87. The third kappa shape index (κ3) is 2.01. The van der Waals surface area contributed by atoms with Crippen molar-refractivity contribution in [1.29, 1.82) is 0 Å². The van der Waals surface area contributed by atoms with Gasteiger partial charge >= 0.3 is 0 Å². The molecule has 1 saturated carbocycles. The van der Waals surface area contributed by atoms with Crippen molar-refractivity contribution in [1.82, 2.24) is 14.8 Å². The highest BCUT2D eigenvalue weighted by Gasteiger charge is 2.26. The quantitative estimate of drug-likeness (QED) is 0.829. The van der Waals surface area contributed by atoms with Crippen LogP contribution in [0.1, 0.15) is 12.8 Å². The maximum Gasteiger partial charge on any atom is 0.176 e. The second-order valence-corrected chi connectivity index (χ2v) is 4.40. The fraction of sp³-hybridized carbons (Fsp3) is 0.333. The molecule has 0 aliphatic heterocycles. The Morgan fingerprint density at radius 3 is 2.88 bits per heavy atom. The van der Waals surface area contributed by atoms with Crippen LogP contribution in [0.5, 0.6) is 0 Å². The highest BCUT2D eigenvalue weighted by Crippen LogP contribution is 2.25. The highest BCUT2D eigenvalue weighted by molar-refractivity contribution is 5.57. The van der Waals surface area contributed by atoms with Crippen LogP contribution in [-0.4, -0.2) is 26.8 Å². The van der Waals surface area contributed by atoms with E-state index >= 15 is 0 Å². The van der Waals surface area contributed by atoms with Gasteiger partial charge in [0.25, 0.3) is 0 Å². The van der Waals surface area contributed by atoms with Crippen molar-refractivity contribution in [2.45, 2.75) is 24.9 Å². The molecule has 5 nitrogen and oxygen atoms in total. The molecule has 2 aromatic rings. The summed E-state index contributed by atoms with van der Waals surface area (Å²) in [6.07, 6.45) is 7.45. The van der Waals surface area contributed by atoms with Crippen LogP contribution in [0.15, 0.2) is 36.8 Å². The zero-order valence-corrected chi connectivity index (χ0v) is 9.45. The van der Waals surface area contributed by atoms with Crippen molar-refractivity contribution < 1.29 is 0 Å². The molecule has 2 heterocycles. The number of nitrogens with zero attached hydrogens (tertiary/aromatic N) is 3. The molecule has 1 aliphatic carbocycles. The van der Waals surface area contributed by atoms with Crippen molar-refractivity contribution in [2.24, 2.45) is 5.73 Å². The molecule has 3 rings (SSSR count). The molecular weight excluding hydrogens is 214 g/mol. The molecule has 88 valence electrons. The molecule has 0 bridgehead atoms. The standard InChI is InChI=1S/C12H15N5/c13-9-7-10(8-9)16-11-3-1-4-14-12(11)17-6-2-5-15-17/h1-6,9-10,16H,7-8,13H2. The van der Waals surface area contributed by atoms with E-state index in [1.165, 1.54) is 0 Å². The predicted octanol–water partition coefficient (Wildman–Crippen LogP) is 1.17. The Balaban J connectivity index is 1.84. The number of rotatable bonds is 3. The normalized spacial score (nSPS) is 23.1. The van der Waals surface area contributed by atoms with E-state index in [4.69, 9.17) is 5.73 Å². The molecule has 1 aliphatic rings. The molecule has 1 fully saturated rings. The Labute approximate surface area is 99.7 Å². The lowest BCUT2D eigenvalue weighted by Crippen LogP contribution is -2.44. The third-order valence-electron chi connectivity index (χ3n) is 3.04. The van der Waals surface area contributed by atoms with Gasteiger partial charge in [0.1, 0.15) is 0 Å². The summed E-state index contributed by atoms with van der Waals surface area (Å²) in [6, 6.07) is 6.64. The van der Waals surface area contributed by atoms with E-state index < -0.39 is 0 Å². The van der Waals surface area contributed by atoms with Crippen LogP contribution in [0.3, 0.4) is 0 Å². The molecular formula is C12H15N5. The first-order valence-electron chi connectivity index (χ1n) is 5.80. The van der Waals surface area contributed by atoms with Gasteiger partial charge in [0.2, 0.25) is 0 Å². The van der Waals surface area contributed by atoms with Gasteiger partial charge in [-0.3, -0.25) is 0 Å². The predicted molar refractivity (Wildman–Crippen MR) is 66.0 cm³/mol. The zero-order valence-electron chi connectivity index (χ0n) is 9.45. The molecule has 5 heteroatoms. The highest BCUT2D eigenvalue weighted by atomic mass is 15.3. The molecule has 0 atom stereocenters. The van der Waals surface area contributed by atoms with Gasteiger partial charge in [0, 0.05) is 30.7 Å². The van der Waals surface area contributed by atoms with E-state index in [-0.39, 0.29) is 0 Å². The van der Waals surface area contributed by atoms with Crippen LogP contribution in [0.4, 0.5) is 5.69 Å². The monoisotopic (exact) mass is 229 g/mol. The second-order valence-electron chi connectivity index (χ2n) is 4.40. The summed E-state index contributed by atoms with van der Waals surface area (Å²) in [6.45, 7) is 0. The van der Waals surface area contributed by atoms with Crippen LogP contribution in [-0.2, 0) is 0 Å².